The van der Waals surface area contributed by atoms with E-state index in [1.807, 2.05) is 283 Å². The van der Waals surface area contributed by atoms with Crippen LogP contribution < -0.4 is 50.2 Å². The van der Waals surface area contributed by atoms with Crippen LogP contribution in [0.25, 0.3) is 11.3 Å². The maximum Gasteiger partial charge on any atom is 0.534 e. The molecule has 20 rings (SSSR count). The number of phenols is 3. The molecule has 0 unspecified atom stereocenters. The van der Waals surface area contributed by atoms with Crippen molar-refractivity contribution < 1.29 is 97.7 Å². The van der Waals surface area contributed by atoms with Gasteiger partial charge < -0.3 is 72.4 Å². The minimum Gasteiger partial charge on any atom is -0.508 e. The molecule has 0 atom stereocenters. The number of hydrogen-bond acceptors (Lipinski definition) is 27. The first-order chi connectivity index (χ1) is 68.0. The number of benzene rings is 12. The quantitative estimate of drug-likeness (QED) is 0.0428. The fourth-order valence-electron chi connectivity index (χ4n) is 15.1. The molecule has 144 heavy (non-hydrogen) atoms. The highest BCUT2D eigenvalue weighted by Gasteiger charge is 2.54. The van der Waals surface area contributed by atoms with Crippen LogP contribution in [0.3, 0.4) is 0 Å². The number of carbonyl (C=O) groups is 4. The number of morpholine rings is 1. The average molecular weight is 2070 g/mol. The van der Waals surface area contributed by atoms with Crippen molar-refractivity contribution in [2.45, 2.75) is 199 Å². The van der Waals surface area contributed by atoms with Crippen molar-refractivity contribution in [3.8, 4) is 34.3 Å². The summed E-state index contributed by atoms with van der Waals surface area (Å²) in [7, 11) is -6.39. The van der Waals surface area contributed by atoms with Gasteiger partial charge in [-0.05, 0) is 256 Å². The van der Waals surface area contributed by atoms with Crippen LogP contribution in [0.15, 0.2) is 337 Å². The van der Waals surface area contributed by atoms with Gasteiger partial charge in [-0.2, -0.15) is 21.6 Å². The second kappa shape index (κ2) is 42.9. The van der Waals surface area contributed by atoms with E-state index in [0.717, 1.165) is 109 Å². The second-order valence-corrected chi connectivity index (χ2v) is 45.0. The van der Waals surface area contributed by atoms with E-state index in [1.165, 1.54) is 45.8 Å². The fourth-order valence-corrected chi connectivity index (χ4v) is 21.2. The summed E-state index contributed by atoms with van der Waals surface area (Å²) < 4.78 is 112. The number of nitrogens with one attached hydrogen (secondary N) is 2. The Morgan fingerprint density at radius 2 is 0.785 bits per heavy atom. The van der Waals surface area contributed by atoms with Gasteiger partial charge in [0.1, 0.15) is 45.4 Å². The van der Waals surface area contributed by atoms with Gasteiger partial charge in [-0.1, -0.05) is 180 Å². The minimum absolute atomic E-state index is 0.0462. The maximum absolute atomic E-state index is 13.3. The summed E-state index contributed by atoms with van der Waals surface area (Å²) in [5, 5.41) is 35.6. The van der Waals surface area contributed by atoms with Crippen molar-refractivity contribution >= 4 is 180 Å². The topological polar surface area (TPSA) is 307 Å². The molecule has 7 aliphatic rings. The molecule has 8 heterocycles. The number of amides is 4. The molecule has 1 aromatic heterocycles. The van der Waals surface area contributed by atoms with Crippen LogP contribution in [-0.4, -0.2) is 121 Å². The van der Waals surface area contributed by atoms with Crippen LogP contribution in [0.1, 0.15) is 111 Å². The molecule has 13 aromatic rings. The third-order valence-electron chi connectivity index (χ3n) is 22.1. The summed E-state index contributed by atoms with van der Waals surface area (Å²) in [5.41, 5.74) is 1.41. The van der Waals surface area contributed by atoms with Gasteiger partial charge in [0, 0.05) is 82.5 Å². The lowest BCUT2D eigenvalue weighted by atomic mass is 9.78. The molecule has 748 valence electrons. The van der Waals surface area contributed by atoms with Gasteiger partial charge in [0.2, 0.25) is 0 Å². The molecule has 0 radical (unpaired) electrons. The largest absolute Gasteiger partial charge is 0.534 e. The molecular formula is C108H107BF3N7O19S6. The highest BCUT2D eigenvalue weighted by Crippen LogP contribution is 2.58. The first-order valence-electron chi connectivity index (χ1n) is 45.8. The van der Waals surface area contributed by atoms with Crippen molar-refractivity contribution in [2.75, 3.05) is 61.4 Å². The molecule has 2 fully saturated rings. The number of carbonyl (C=O) groups excluding carboxylic acids is 4. The molecule has 0 spiro atoms. The van der Waals surface area contributed by atoms with Gasteiger partial charge in [-0.25, -0.2) is 38.8 Å². The van der Waals surface area contributed by atoms with Crippen molar-refractivity contribution in [3.05, 3.63) is 289 Å². The SMILES string of the molecule is CC(C)(C)OC(=O)N1c2ccccc2Sc2c(-c3cc(=O)cc(N4CCOCC4)o3)cccc21.CC(C)(C)OC(=O)N1c2ccccc2Sc2c(B3OC(C)(C)C(C)(C)O3)cccc21.CC(C)(C)OC(=O)N1c2ccccc2Sc2c(O)cccc21.CC(C)(C)OC(=O)N1c2ccccc2Sc2c(OS(=O)(=O)C(F)(F)F)cccc21.Oc1cccc(Nc2ccccc2)c1.Oc1cccc2c1Sc1ccccc1N2. The molecule has 7 aliphatic heterocycles. The molecule has 0 saturated carbocycles. The Balaban J connectivity index is 0.000000133. The zero-order chi connectivity index (χ0) is 103. The smallest absolute Gasteiger partial charge is 0.508 e. The summed E-state index contributed by atoms with van der Waals surface area (Å²) in [5.74, 6) is 1.21. The van der Waals surface area contributed by atoms with Crippen LogP contribution in [0, 0.1) is 0 Å². The zero-order valence-corrected chi connectivity index (χ0v) is 86.6. The molecule has 0 bridgehead atoms. The number of hydrogen-bond donors (Lipinski definition) is 5. The van der Waals surface area contributed by atoms with E-state index in [9.17, 15) is 60.9 Å². The van der Waals surface area contributed by atoms with E-state index in [2.05, 4.69) is 14.8 Å². The van der Waals surface area contributed by atoms with Gasteiger partial charge in [0.15, 0.2) is 17.1 Å². The van der Waals surface area contributed by atoms with Crippen molar-refractivity contribution in [1.82, 2.24) is 0 Å². The van der Waals surface area contributed by atoms with Crippen LogP contribution in [0.5, 0.6) is 23.0 Å². The number of halogens is 3. The highest BCUT2D eigenvalue weighted by atomic mass is 32.2. The van der Waals surface area contributed by atoms with Crippen molar-refractivity contribution in [2.24, 2.45) is 0 Å². The molecule has 12 aromatic carbocycles. The van der Waals surface area contributed by atoms with E-state index >= 15 is 0 Å². The molecule has 5 N–H and O–H groups in total. The zero-order valence-electron chi connectivity index (χ0n) is 81.7. The number of aromatic hydroxyl groups is 3. The van der Waals surface area contributed by atoms with E-state index in [0.29, 0.717) is 70.6 Å². The third kappa shape index (κ3) is 24.8. The summed E-state index contributed by atoms with van der Waals surface area (Å²) >= 11 is 7.21. The number of nitrogens with zero attached hydrogens (tertiary/aromatic N) is 5. The second-order valence-electron chi connectivity index (χ2n) is 38.2. The summed E-state index contributed by atoms with van der Waals surface area (Å²) in [6, 6.07) is 83.9. The standard InChI is InChI=1S/C26H26N2O5S.C23H28BNO4S.C18H16F3NO5S2.C17H17NO3S.C12H9NOS.C12H11NO/c1-26(2,3)33-25(30)28-19-8-4-5-10-22(19)34-24-18(7-6-9-20(24)28)21-15-17(29)16-23(32-21)27-11-13-31-14-12-27;1-21(2,3)27-20(26)25-16-12-8-9-14-18(16)30-19-15(11-10-13-17(19)25)24-28-22(4,5)23(6,7)29-24;1-17(2,3)26-16(23)22-11-7-4-5-10-14(11)28-15-12(22)8-6-9-13(15)27-29(24,25)18(19,20)21;1-17(2,3)21-16(20)18-11-7-4-5-10-14(11)22-15-12(18)8-6-9-13(15)19;14-10-6-3-5-9-12(10)15-11-7-2-1-4-8(11)13-9;14-12-8-4-7-11(9-12)13-10-5-2-1-3-6-10/h4-10,15-16H,11-14H2,1-3H3;8-14H,1-7H3;4-10H,1-3H3;4-10,19H,1-3H3;1-7,13-14H;1-9,13-14H. The number of para-hydroxylation sites is 6. The number of fused-ring (bicyclic) bond motifs is 10. The Kier molecular flexibility index (Phi) is 31.3. The predicted octanol–water partition coefficient (Wildman–Crippen LogP) is 28.3. The Hall–Kier alpha value is -13.3. The van der Waals surface area contributed by atoms with Gasteiger partial charge in [0.25, 0.3) is 0 Å². The number of alkyl halides is 3. The predicted molar refractivity (Wildman–Crippen MR) is 561 cm³/mol. The maximum atomic E-state index is 13.3. The Morgan fingerprint density at radius 1 is 0.410 bits per heavy atom. The monoisotopic (exact) mass is 2070 g/mol. The Morgan fingerprint density at radius 3 is 1.28 bits per heavy atom. The number of phenolic OH excluding ortho intramolecular Hbond substituents is 3. The fraction of sp³-hybridized carbons (Fsp3) is 0.250. The first-order valence-corrected chi connectivity index (χ1v) is 51.3. The lowest BCUT2D eigenvalue weighted by Crippen LogP contribution is -2.41. The molecule has 2 saturated heterocycles. The molecule has 0 aliphatic carbocycles. The van der Waals surface area contributed by atoms with E-state index in [1.54, 1.807) is 127 Å². The van der Waals surface area contributed by atoms with E-state index in [-0.39, 0.29) is 27.5 Å². The highest BCUT2D eigenvalue weighted by molar-refractivity contribution is 8.01. The van der Waals surface area contributed by atoms with Gasteiger partial charge >= 0.3 is 47.1 Å². The molecule has 4 amide bonds. The van der Waals surface area contributed by atoms with Crippen molar-refractivity contribution in [3.63, 3.8) is 0 Å². The average Bonchev–Trinajstić information content (AvgIpc) is 1.63. The van der Waals surface area contributed by atoms with E-state index < -0.39 is 86.5 Å². The molecule has 26 nitrogen and oxygen atoms in total. The minimum atomic E-state index is -5.88. The summed E-state index contributed by atoms with van der Waals surface area (Å²) in [4.78, 5) is 80.5. The first kappa shape index (κ1) is 105. The van der Waals surface area contributed by atoms with Gasteiger partial charge in [0.05, 0.1) is 96.0 Å². The van der Waals surface area contributed by atoms with Crippen LogP contribution in [0.2, 0.25) is 0 Å². The Labute approximate surface area is 855 Å². The van der Waals surface area contributed by atoms with Crippen LogP contribution in [-0.2, 0) is 43.1 Å². The molecular weight excluding hydrogens is 1960 g/mol. The lowest BCUT2D eigenvalue weighted by molar-refractivity contribution is -0.0501. The van der Waals surface area contributed by atoms with Crippen molar-refractivity contribution in [1.29, 1.82) is 0 Å². The number of ether oxygens (including phenoxy) is 5. The normalized spacial score (nSPS) is 14.8. The summed E-state index contributed by atoms with van der Waals surface area (Å²) in [6.45, 7) is 32.3. The van der Waals surface area contributed by atoms with Crippen LogP contribution >= 0.6 is 58.8 Å². The third-order valence-corrected chi connectivity index (χ3v) is 29.0. The Bertz CT molecular complexity index is 7140. The van der Waals surface area contributed by atoms with E-state index in [4.69, 9.17) is 37.4 Å². The lowest BCUT2D eigenvalue weighted by Gasteiger charge is -2.33. The van der Waals surface area contributed by atoms with Crippen LogP contribution in [0.4, 0.5) is 106 Å². The number of anilines is 13. The molecule has 36 heteroatoms. The number of rotatable bonds is 7. The summed E-state index contributed by atoms with van der Waals surface area (Å²) in [6.07, 6.45) is -2.07. The van der Waals surface area contributed by atoms with Gasteiger partial charge in [-0.3, -0.25) is 4.79 Å². The van der Waals surface area contributed by atoms with Gasteiger partial charge in [-0.15, -0.1) is 0 Å².